The maximum Gasteiger partial charge on any atom is 0.181 e. The Balaban J connectivity index is 1.35. The van der Waals surface area contributed by atoms with Crippen LogP contribution >= 0.6 is 11.8 Å². The highest BCUT2D eigenvalue weighted by atomic mass is 32.2. The van der Waals surface area contributed by atoms with Gasteiger partial charge in [-0.15, -0.1) is 0 Å². The molecule has 2 atom stereocenters. The molecular weight excluding hydrogens is 370 g/mol. The van der Waals surface area contributed by atoms with Crippen molar-refractivity contribution in [3.63, 3.8) is 0 Å². The van der Waals surface area contributed by atoms with E-state index in [1.807, 2.05) is 30.3 Å². The van der Waals surface area contributed by atoms with Crippen LogP contribution in [0.5, 0.6) is 0 Å². The highest BCUT2D eigenvalue weighted by molar-refractivity contribution is 7.99. The van der Waals surface area contributed by atoms with Gasteiger partial charge in [0.05, 0.1) is 0 Å². The molecular formula is C25H38F2S. The molecule has 0 spiro atoms. The first kappa shape index (κ1) is 22.1. The molecule has 0 aliphatic heterocycles. The fourth-order valence-corrected chi connectivity index (χ4v) is 6.30. The van der Waals surface area contributed by atoms with E-state index in [9.17, 15) is 8.78 Å². The monoisotopic (exact) mass is 408 g/mol. The van der Waals surface area contributed by atoms with Crippen molar-refractivity contribution in [3.05, 3.63) is 30.3 Å². The summed E-state index contributed by atoms with van der Waals surface area (Å²) < 4.78 is 28.8. The molecule has 2 aliphatic rings. The molecule has 0 bridgehead atoms. The van der Waals surface area contributed by atoms with Gasteiger partial charge in [0.25, 0.3) is 0 Å². The zero-order chi connectivity index (χ0) is 19.8. The highest BCUT2D eigenvalue weighted by Crippen LogP contribution is 2.43. The highest BCUT2D eigenvalue weighted by Gasteiger charge is 2.33. The van der Waals surface area contributed by atoms with Gasteiger partial charge in [-0.1, -0.05) is 81.8 Å². The molecule has 2 fully saturated rings. The Labute approximate surface area is 175 Å². The fourth-order valence-electron chi connectivity index (χ4n) is 5.46. The quantitative estimate of drug-likeness (QED) is 0.369. The summed E-state index contributed by atoms with van der Waals surface area (Å²) in [6, 6.07) is 9.36. The van der Waals surface area contributed by atoms with Gasteiger partial charge in [0.2, 0.25) is 0 Å². The Bertz CT molecular complexity index is 533. The molecule has 0 saturated heterocycles. The van der Waals surface area contributed by atoms with Gasteiger partial charge in [-0.2, -0.15) is 0 Å². The van der Waals surface area contributed by atoms with Crippen LogP contribution in [0.25, 0.3) is 0 Å². The minimum Gasteiger partial charge on any atom is -0.243 e. The van der Waals surface area contributed by atoms with E-state index in [-0.39, 0.29) is 0 Å². The molecule has 0 heterocycles. The second kappa shape index (κ2) is 11.6. The lowest BCUT2D eigenvalue weighted by atomic mass is 9.68. The summed E-state index contributed by atoms with van der Waals surface area (Å²) in [5.74, 6) is 3.11. The second-order valence-corrected chi connectivity index (χ2v) is 10.4. The van der Waals surface area contributed by atoms with Crippen LogP contribution in [0.15, 0.2) is 35.2 Å². The molecule has 0 N–H and O–H groups in total. The van der Waals surface area contributed by atoms with Crippen LogP contribution in [0.4, 0.5) is 8.78 Å². The molecule has 0 radical (unpaired) electrons. The number of rotatable bonds is 9. The van der Waals surface area contributed by atoms with E-state index in [0.717, 1.165) is 47.3 Å². The van der Waals surface area contributed by atoms with Crippen LogP contribution < -0.4 is 0 Å². The Morgan fingerprint density at radius 3 is 2.00 bits per heavy atom. The van der Waals surface area contributed by atoms with E-state index in [2.05, 4.69) is 6.92 Å². The first-order valence-corrected chi connectivity index (χ1v) is 12.5. The summed E-state index contributed by atoms with van der Waals surface area (Å²) in [7, 11) is 0. The third-order valence-electron chi connectivity index (χ3n) is 7.25. The van der Waals surface area contributed by atoms with Gasteiger partial charge in [-0.25, -0.2) is 8.78 Å². The van der Waals surface area contributed by atoms with E-state index in [4.69, 9.17) is 0 Å². The minimum absolute atomic E-state index is 0.377. The molecule has 3 rings (SSSR count). The van der Waals surface area contributed by atoms with Crippen LogP contribution in [0.2, 0.25) is 0 Å². The molecule has 0 nitrogen and oxygen atoms in total. The minimum atomic E-state index is -1.45. The molecule has 1 aromatic rings. The maximum atomic E-state index is 14.5. The molecule has 1 aromatic carbocycles. The number of hydrogen-bond donors (Lipinski definition) is 0. The third-order valence-corrected chi connectivity index (χ3v) is 8.31. The number of hydrogen-bond acceptors (Lipinski definition) is 1. The summed E-state index contributed by atoms with van der Waals surface area (Å²) in [4.78, 5) is 0.816. The number of unbranched alkanes of at least 4 members (excludes halogenated alkanes) is 1. The molecule has 28 heavy (non-hydrogen) atoms. The van der Waals surface area contributed by atoms with Crippen molar-refractivity contribution in [2.24, 2.45) is 23.7 Å². The van der Waals surface area contributed by atoms with Crippen molar-refractivity contribution in [2.45, 2.75) is 101 Å². The number of thioether (sulfide) groups is 1. The van der Waals surface area contributed by atoms with Crippen LogP contribution in [-0.4, -0.2) is 11.7 Å². The molecule has 0 amide bonds. The van der Waals surface area contributed by atoms with Gasteiger partial charge < -0.3 is 0 Å². The summed E-state index contributed by atoms with van der Waals surface area (Å²) in [5, 5.41) is 0. The van der Waals surface area contributed by atoms with Crippen LogP contribution in [0.3, 0.4) is 0 Å². The normalized spacial score (nSPS) is 30.7. The Morgan fingerprint density at radius 1 is 0.857 bits per heavy atom. The lowest BCUT2D eigenvalue weighted by Gasteiger charge is -2.38. The van der Waals surface area contributed by atoms with Crippen LogP contribution in [0.1, 0.15) is 84.0 Å². The van der Waals surface area contributed by atoms with Crippen molar-refractivity contribution < 1.29 is 8.78 Å². The standard InChI is InChI=1S/C25H38F2S/c1-2-3-7-19-10-14-21(15-11-19)22-16-12-20(13-17-22)18-24(26)25(27)28-23-8-5-4-6-9-23/h4-6,8-9,19-22,24-25H,2-3,7,10-18H2,1H3. The smallest absolute Gasteiger partial charge is 0.181 e. The third kappa shape index (κ3) is 6.75. The van der Waals surface area contributed by atoms with E-state index in [0.29, 0.717) is 12.3 Å². The van der Waals surface area contributed by atoms with E-state index < -0.39 is 11.7 Å². The van der Waals surface area contributed by atoms with Gasteiger partial charge in [-0.3, -0.25) is 0 Å². The molecule has 2 aliphatic carbocycles. The van der Waals surface area contributed by atoms with Crippen molar-refractivity contribution in [2.75, 3.05) is 0 Å². The lowest BCUT2D eigenvalue weighted by molar-refractivity contribution is 0.120. The number of alkyl halides is 2. The lowest BCUT2D eigenvalue weighted by Crippen LogP contribution is -2.27. The van der Waals surface area contributed by atoms with Crippen LogP contribution in [-0.2, 0) is 0 Å². The van der Waals surface area contributed by atoms with Crippen molar-refractivity contribution >= 4 is 11.8 Å². The first-order valence-electron chi connectivity index (χ1n) is 11.7. The molecule has 3 heteroatoms. The van der Waals surface area contributed by atoms with E-state index in [1.54, 1.807) is 0 Å². The maximum absolute atomic E-state index is 14.5. The average molecular weight is 409 g/mol. The topological polar surface area (TPSA) is 0 Å². The number of halogens is 2. The fraction of sp³-hybridized carbons (Fsp3) is 0.760. The van der Waals surface area contributed by atoms with E-state index >= 15 is 0 Å². The van der Waals surface area contributed by atoms with Gasteiger partial charge in [0.15, 0.2) is 5.50 Å². The zero-order valence-electron chi connectivity index (χ0n) is 17.5. The zero-order valence-corrected chi connectivity index (χ0v) is 18.3. The molecule has 0 aromatic heterocycles. The second-order valence-electron chi connectivity index (χ2n) is 9.24. The summed E-state index contributed by atoms with van der Waals surface area (Å²) in [6.07, 6.45) is 13.6. The Kier molecular flexibility index (Phi) is 9.14. The summed E-state index contributed by atoms with van der Waals surface area (Å²) >= 11 is 1.03. The molecule has 2 unspecified atom stereocenters. The average Bonchev–Trinajstić information content (AvgIpc) is 2.74. The van der Waals surface area contributed by atoms with Crippen molar-refractivity contribution in [1.29, 1.82) is 0 Å². The van der Waals surface area contributed by atoms with Gasteiger partial charge in [-0.05, 0) is 67.9 Å². The van der Waals surface area contributed by atoms with Gasteiger partial charge in [0, 0.05) is 4.90 Å². The summed E-state index contributed by atoms with van der Waals surface area (Å²) in [6.45, 7) is 2.29. The largest absolute Gasteiger partial charge is 0.243 e. The Morgan fingerprint density at radius 2 is 1.43 bits per heavy atom. The van der Waals surface area contributed by atoms with Crippen LogP contribution in [0, 0.1) is 23.7 Å². The molecule has 2 saturated carbocycles. The van der Waals surface area contributed by atoms with Gasteiger partial charge >= 0.3 is 0 Å². The first-order chi connectivity index (χ1) is 13.7. The van der Waals surface area contributed by atoms with Crippen molar-refractivity contribution in [1.82, 2.24) is 0 Å². The van der Waals surface area contributed by atoms with E-state index in [1.165, 1.54) is 57.8 Å². The SMILES string of the molecule is CCCCC1CCC(C2CCC(CC(F)C(F)Sc3ccccc3)CC2)CC1. The predicted octanol–water partition coefficient (Wildman–Crippen LogP) is 8.61. The Hall–Kier alpha value is -0.570. The predicted molar refractivity (Wildman–Crippen MR) is 117 cm³/mol. The number of benzene rings is 1. The van der Waals surface area contributed by atoms with Gasteiger partial charge in [0.1, 0.15) is 6.17 Å². The molecule has 158 valence electrons. The summed E-state index contributed by atoms with van der Waals surface area (Å²) in [5.41, 5.74) is -1.45. The van der Waals surface area contributed by atoms with Crippen molar-refractivity contribution in [3.8, 4) is 0 Å².